The summed E-state index contributed by atoms with van der Waals surface area (Å²) in [6, 6.07) is 4.88. The van der Waals surface area contributed by atoms with E-state index in [1.165, 1.54) is 21.1 Å². The fourth-order valence-electron chi connectivity index (χ4n) is 1.68. The number of hydrogen-bond donors (Lipinski definition) is 0. The van der Waals surface area contributed by atoms with Gasteiger partial charge in [-0.2, -0.15) is 0 Å². The van der Waals surface area contributed by atoms with Crippen LogP contribution in [0.15, 0.2) is 18.2 Å². The molecule has 0 radical (unpaired) electrons. The highest BCUT2D eigenvalue weighted by atomic mass is 35.5. The molecule has 1 rings (SSSR count). The van der Waals surface area contributed by atoms with Crippen molar-refractivity contribution in [3.8, 4) is 5.75 Å². The number of carbonyl (C=O) groups excluding carboxylic acids is 1. The van der Waals surface area contributed by atoms with E-state index in [4.69, 9.17) is 41.7 Å². The summed E-state index contributed by atoms with van der Waals surface area (Å²) in [5.41, 5.74) is 0. The van der Waals surface area contributed by atoms with E-state index in [2.05, 4.69) is 0 Å². The van der Waals surface area contributed by atoms with Crippen LogP contribution in [-0.4, -0.2) is 32.6 Å². The number of halogens is 2. The average Bonchev–Trinajstić information content (AvgIpc) is 2.52. The molecule has 0 aliphatic carbocycles. The second kappa shape index (κ2) is 9.50. The SMILES string of the molecule is COP(=O)(OC)C(C)OC(=O)CCCOc1ccc(Cl)cc1Cl. The summed E-state index contributed by atoms with van der Waals surface area (Å²) >= 11 is 11.7. The second-order valence-electron chi connectivity index (χ2n) is 4.52. The Kier molecular flexibility index (Phi) is 8.37. The van der Waals surface area contributed by atoms with Crippen LogP contribution in [0.25, 0.3) is 0 Å². The molecule has 130 valence electrons. The van der Waals surface area contributed by atoms with Gasteiger partial charge in [0.2, 0.25) is 0 Å². The third-order valence-corrected chi connectivity index (χ3v) is 5.48. The van der Waals surface area contributed by atoms with Gasteiger partial charge in [-0.25, -0.2) is 0 Å². The Morgan fingerprint density at radius 1 is 1.26 bits per heavy atom. The van der Waals surface area contributed by atoms with Crippen LogP contribution < -0.4 is 4.74 Å². The largest absolute Gasteiger partial charge is 0.492 e. The lowest BCUT2D eigenvalue weighted by molar-refractivity contribution is -0.145. The molecular formula is C14H19Cl2O6P. The maximum absolute atomic E-state index is 12.0. The first-order valence-corrected chi connectivity index (χ1v) is 9.17. The molecule has 0 aliphatic heterocycles. The van der Waals surface area contributed by atoms with Gasteiger partial charge in [0, 0.05) is 25.7 Å². The summed E-state index contributed by atoms with van der Waals surface area (Å²) in [7, 11) is -0.960. The van der Waals surface area contributed by atoms with E-state index in [1.54, 1.807) is 18.2 Å². The molecule has 9 heteroatoms. The van der Waals surface area contributed by atoms with E-state index in [0.29, 0.717) is 22.2 Å². The first-order chi connectivity index (χ1) is 10.8. The zero-order valence-corrected chi connectivity index (χ0v) is 15.5. The molecule has 0 aliphatic rings. The van der Waals surface area contributed by atoms with Crippen molar-refractivity contribution in [3.05, 3.63) is 28.2 Å². The van der Waals surface area contributed by atoms with Crippen molar-refractivity contribution in [1.29, 1.82) is 0 Å². The molecule has 0 saturated heterocycles. The molecule has 1 aromatic rings. The number of carbonyl (C=O) groups is 1. The van der Waals surface area contributed by atoms with Gasteiger partial charge in [-0.15, -0.1) is 0 Å². The average molecular weight is 385 g/mol. The molecule has 1 aromatic carbocycles. The van der Waals surface area contributed by atoms with Crippen molar-refractivity contribution in [2.24, 2.45) is 0 Å². The van der Waals surface area contributed by atoms with Crippen molar-refractivity contribution in [2.45, 2.75) is 25.6 Å². The number of ether oxygens (including phenoxy) is 2. The normalized spacial score (nSPS) is 12.7. The minimum Gasteiger partial charge on any atom is -0.492 e. The molecule has 0 heterocycles. The number of rotatable bonds is 9. The quantitative estimate of drug-likeness (QED) is 0.354. The minimum atomic E-state index is -3.43. The Bertz CT molecular complexity index is 572. The number of hydrogen-bond acceptors (Lipinski definition) is 6. The highest BCUT2D eigenvalue weighted by molar-refractivity contribution is 7.54. The summed E-state index contributed by atoms with van der Waals surface area (Å²) in [5, 5.41) is 0.912. The molecule has 0 fully saturated rings. The Hall–Kier alpha value is -0.780. The minimum absolute atomic E-state index is 0.100. The maximum Gasteiger partial charge on any atom is 0.370 e. The van der Waals surface area contributed by atoms with Crippen LogP contribution in [-0.2, 0) is 23.1 Å². The van der Waals surface area contributed by atoms with Gasteiger partial charge in [0.1, 0.15) is 5.75 Å². The molecule has 1 unspecified atom stereocenters. The van der Waals surface area contributed by atoms with E-state index in [9.17, 15) is 9.36 Å². The molecule has 0 spiro atoms. The smallest absolute Gasteiger partial charge is 0.370 e. The van der Waals surface area contributed by atoms with Gasteiger partial charge in [0.15, 0.2) is 5.85 Å². The molecule has 0 saturated carbocycles. The van der Waals surface area contributed by atoms with E-state index in [1.807, 2.05) is 0 Å². The highest BCUT2D eigenvalue weighted by Crippen LogP contribution is 2.51. The van der Waals surface area contributed by atoms with Crippen molar-refractivity contribution in [3.63, 3.8) is 0 Å². The van der Waals surface area contributed by atoms with Gasteiger partial charge in [0.05, 0.1) is 11.6 Å². The molecular weight excluding hydrogens is 366 g/mol. The van der Waals surface area contributed by atoms with Crippen LogP contribution in [0.2, 0.25) is 10.0 Å². The standard InChI is InChI=1S/C14H19Cl2O6P/c1-10(23(18,19-2)20-3)22-14(17)5-4-8-21-13-7-6-11(15)9-12(13)16/h6-7,9-10H,4-5,8H2,1-3H3. The molecule has 6 nitrogen and oxygen atoms in total. The summed E-state index contributed by atoms with van der Waals surface area (Å²) in [6.07, 6.45) is 0.512. The summed E-state index contributed by atoms with van der Waals surface area (Å²) in [5.74, 6) is -1.00. The van der Waals surface area contributed by atoms with Crippen molar-refractivity contribution < 1.29 is 27.9 Å². The van der Waals surface area contributed by atoms with Gasteiger partial charge in [-0.3, -0.25) is 9.36 Å². The number of esters is 1. The molecule has 23 heavy (non-hydrogen) atoms. The van der Waals surface area contributed by atoms with Crippen LogP contribution in [0.1, 0.15) is 19.8 Å². The second-order valence-corrected chi connectivity index (χ2v) is 7.90. The first kappa shape index (κ1) is 20.3. The maximum atomic E-state index is 12.0. The summed E-state index contributed by atoms with van der Waals surface area (Å²) in [4.78, 5) is 11.7. The van der Waals surface area contributed by atoms with Crippen molar-refractivity contribution >= 4 is 36.8 Å². The summed E-state index contributed by atoms with van der Waals surface area (Å²) < 4.78 is 32.0. The Balaban J connectivity index is 2.35. The fourth-order valence-corrected chi connectivity index (χ4v) is 3.13. The van der Waals surface area contributed by atoms with Gasteiger partial charge >= 0.3 is 13.6 Å². The van der Waals surface area contributed by atoms with Gasteiger partial charge in [-0.05, 0) is 31.5 Å². The third-order valence-electron chi connectivity index (χ3n) is 2.93. The molecule has 0 amide bonds. The van der Waals surface area contributed by atoms with Crippen molar-refractivity contribution in [1.82, 2.24) is 0 Å². The third kappa shape index (κ3) is 6.32. The first-order valence-electron chi connectivity index (χ1n) is 6.81. The molecule has 0 N–H and O–H groups in total. The lowest BCUT2D eigenvalue weighted by Crippen LogP contribution is -2.17. The lowest BCUT2D eigenvalue weighted by atomic mass is 10.3. The molecule has 0 aromatic heterocycles. The van der Waals surface area contributed by atoms with Crippen LogP contribution in [0.5, 0.6) is 5.75 Å². The van der Waals surface area contributed by atoms with E-state index in [0.717, 1.165) is 0 Å². The summed E-state index contributed by atoms with van der Waals surface area (Å²) in [6.45, 7) is 1.73. The Morgan fingerprint density at radius 2 is 1.91 bits per heavy atom. The fraction of sp³-hybridized carbons (Fsp3) is 0.500. The Labute approximate surface area is 145 Å². The highest BCUT2D eigenvalue weighted by Gasteiger charge is 2.33. The topological polar surface area (TPSA) is 71.1 Å². The van der Waals surface area contributed by atoms with E-state index < -0.39 is 19.4 Å². The monoisotopic (exact) mass is 384 g/mol. The zero-order chi connectivity index (χ0) is 17.5. The molecule has 0 bridgehead atoms. The van der Waals surface area contributed by atoms with Gasteiger partial charge in [-0.1, -0.05) is 23.2 Å². The van der Waals surface area contributed by atoms with Crippen LogP contribution in [0.3, 0.4) is 0 Å². The predicted molar refractivity (Wildman–Crippen MR) is 88.4 cm³/mol. The van der Waals surface area contributed by atoms with Gasteiger partial charge < -0.3 is 18.5 Å². The van der Waals surface area contributed by atoms with E-state index >= 15 is 0 Å². The van der Waals surface area contributed by atoms with Crippen LogP contribution >= 0.6 is 30.8 Å². The predicted octanol–water partition coefficient (Wildman–Crippen LogP) is 4.53. The van der Waals surface area contributed by atoms with Crippen molar-refractivity contribution in [2.75, 3.05) is 20.8 Å². The zero-order valence-electron chi connectivity index (χ0n) is 13.1. The lowest BCUT2D eigenvalue weighted by Gasteiger charge is -2.20. The van der Waals surface area contributed by atoms with Gasteiger partial charge in [0.25, 0.3) is 0 Å². The Morgan fingerprint density at radius 3 is 2.48 bits per heavy atom. The van der Waals surface area contributed by atoms with E-state index in [-0.39, 0.29) is 13.0 Å². The molecule has 1 atom stereocenters. The van der Waals surface area contributed by atoms with Crippen LogP contribution in [0.4, 0.5) is 0 Å². The number of benzene rings is 1. The van der Waals surface area contributed by atoms with Crippen LogP contribution in [0, 0.1) is 0 Å².